The van der Waals surface area contributed by atoms with Crippen molar-refractivity contribution in [3.05, 3.63) is 22.8 Å². The second-order valence-electron chi connectivity index (χ2n) is 7.60. The first-order valence-electron chi connectivity index (χ1n) is 9.79. The van der Waals surface area contributed by atoms with E-state index in [1.54, 1.807) is 0 Å². The van der Waals surface area contributed by atoms with Crippen molar-refractivity contribution in [2.75, 3.05) is 44.2 Å². The van der Waals surface area contributed by atoms with Gasteiger partial charge in [0.25, 0.3) is 0 Å². The highest BCUT2D eigenvalue weighted by atomic mass is 35.5. The molecule has 1 N–H and O–H groups in total. The fourth-order valence-corrected chi connectivity index (χ4v) is 4.13. The molecule has 28 heavy (non-hydrogen) atoms. The quantitative estimate of drug-likeness (QED) is 0.794. The van der Waals surface area contributed by atoms with Gasteiger partial charge >= 0.3 is 6.18 Å². The van der Waals surface area contributed by atoms with Gasteiger partial charge in [-0.25, -0.2) is 4.98 Å². The molecule has 1 aliphatic carbocycles. The Morgan fingerprint density at radius 1 is 1.18 bits per heavy atom. The summed E-state index contributed by atoms with van der Waals surface area (Å²) in [6.45, 7) is 3.49. The molecule has 9 heteroatoms. The van der Waals surface area contributed by atoms with Gasteiger partial charge in [-0.15, -0.1) is 0 Å². The first kappa shape index (κ1) is 21.2. The first-order chi connectivity index (χ1) is 13.3. The summed E-state index contributed by atoms with van der Waals surface area (Å²) >= 11 is 6.02. The molecule has 2 aliphatic rings. The van der Waals surface area contributed by atoms with Crippen LogP contribution in [0.3, 0.4) is 0 Å². The number of nitrogens with zero attached hydrogens (tertiary/aromatic N) is 3. The van der Waals surface area contributed by atoms with Crippen LogP contribution in [0.2, 0.25) is 5.02 Å². The Morgan fingerprint density at radius 2 is 1.86 bits per heavy atom. The Bertz CT molecular complexity index is 672. The number of pyridine rings is 1. The van der Waals surface area contributed by atoms with Gasteiger partial charge in [0.15, 0.2) is 0 Å². The topological polar surface area (TPSA) is 48.5 Å². The summed E-state index contributed by atoms with van der Waals surface area (Å²) in [4.78, 5) is 20.0. The van der Waals surface area contributed by atoms with E-state index < -0.39 is 11.7 Å². The summed E-state index contributed by atoms with van der Waals surface area (Å²) in [5.74, 6) is 0.989. The number of nitrogens with one attached hydrogen (secondary N) is 1. The van der Waals surface area contributed by atoms with Crippen molar-refractivity contribution < 1.29 is 18.0 Å². The molecule has 0 atom stereocenters. The van der Waals surface area contributed by atoms with Crippen LogP contribution >= 0.6 is 11.6 Å². The van der Waals surface area contributed by atoms with Gasteiger partial charge in [0, 0.05) is 38.9 Å². The minimum Gasteiger partial charge on any atom is -0.355 e. The number of halogens is 4. The molecule has 156 valence electrons. The molecular weight excluding hydrogens is 393 g/mol. The number of piperazine rings is 1. The Kier molecular flexibility index (Phi) is 7.04. The molecule has 0 unspecified atom stereocenters. The fourth-order valence-electron chi connectivity index (χ4n) is 3.84. The molecule has 2 heterocycles. The third-order valence-corrected chi connectivity index (χ3v) is 5.78. The van der Waals surface area contributed by atoms with Gasteiger partial charge in [-0.1, -0.05) is 30.9 Å². The van der Waals surface area contributed by atoms with E-state index in [-0.39, 0.29) is 10.9 Å². The van der Waals surface area contributed by atoms with Gasteiger partial charge in [0.1, 0.15) is 5.82 Å². The highest BCUT2D eigenvalue weighted by Crippen LogP contribution is 2.33. The smallest absolute Gasteiger partial charge is 0.355 e. The number of rotatable bonds is 5. The monoisotopic (exact) mass is 418 g/mol. The summed E-state index contributed by atoms with van der Waals surface area (Å²) in [7, 11) is 0. The second kappa shape index (κ2) is 9.31. The standard InChI is InChI=1S/C19H26ClF3N4O/c20-16-10-15(19(21,22)23)12-25-18(16)27-8-6-26(7-9-27)13-17(28)24-11-14-4-2-1-3-5-14/h10,12,14H,1-9,11,13H2,(H,24,28). The first-order valence-corrected chi connectivity index (χ1v) is 10.2. The molecule has 1 saturated heterocycles. The summed E-state index contributed by atoms with van der Waals surface area (Å²) in [6.07, 6.45) is 2.55. The van der Waals surface area contributed by atoms with Crippen molar-refractivity contribution in [3.8, 4) is 0 Å². The Morgan fingerprint density at radius 3 is 2.46 bits per heavy atom. The Labute approximate surface area is 168 Å². The molecule has 1 aliphatic heterocycles. The fraction of sp³-hybridized carbons (Fsp3) is 0.684. The largest absolute Gasteiger partial charge is 0.417 e. The minimum absolute atomic E-state index is 0.00602. The van der Waals surface area contributed by atoms with Crippen LogP contribution in [0.5, 0.6) is 0 Å². The number of anilines is 1. The number of hydrogen-bond donors (Lipinski definition) is 1. The molecule has 1 aromatic rings. The average molecular weight is 419 g/mol. The van der Waals surface area contributed by atoms with E-state index in [9.17, 15) is 18.0 Å². The van der Waals surface area contributed by atoms with Crippen molar-refractivity contribution in [3.63, 3.8) is 0 Å². The molecule has 0 aromatic carbocycles. The highest BCUT2D eigenvalue weighted by molar-refractivity contribution is 6.33. The van der Waals surface area contributed by atoms with E-state index in [1.807, 2.05) is 9.80 Å². The number of amides is 1. The molecule has 5 nitrogen and oxygen atoms in total. The Balaban J connectivity index is 1.44. The SMILES string of the molecule is O=C(CN1CCN(c2ncc(C(F)(F)F)cc2Cl)CC1)NCC1CCCCC1. The molecule has 0 spiro atoms. The third kappa shape index (κ3) is 5.73. The van der Waals surface area contributed by atoms with E-state index >= 15 is 0 Å². The maximum atomic E-state index is 12.7. The maximum absolute atomic E-state index is 12.7. The van der Waals surface area contributed by atoms with Crippen LogP contribution < -0.4 is 10.2 Å². The number of alkyl halides is 3. The van der Waals surface area contributed by atoms with Crippen molar-refractivity contribution in [1.82, 2.24) is 15.2 Å². The average Bonchev–Trinajstić information content (AvgIpc) is 2.67. The van der Waals surface area contributed by atoms with Gasteiger partial charge in [0.05, 0.1) is 17.1 Å². The normalized spacial score (nSPS) is 19.6. The lowest BCUT2D eigenvalue weighted by Gasteiger charge is -2.35. The molecule has 0 radical (unpaired) electrons. The van der Waals surface area contributed by atoms with Crippen molar-refractivity contribution in [2.24, 2.45) is 5.92 Å². The summed E-state index contributed by atoms with van der Waals surface area (Å²) < 4.78 is 38.2. The van der Waals surface area contributed by atoms with Crippen LogP contribution in [0.25, 0.3) is 0 Å². The predicted molar refractivity (Wildman–Crippen MR) is 102 cm³/mol. The van der Waals surface area contributed by atoms with Gasteiger partial charge in [-0.05, 0) is 24.8 Å². The lowest BCUT2D eigenvalue weighted by atomic mass is 9.89. The lowest BCUT2D eigenvalue weighted by molar-refractivity contribution is -0.137. The van der Waals surface area contributed by atoms with Crippen LogP contribution in [0.15, 0.2) is 12.3 Å². The molecule has 1 amide bonds. The van der Waals surface area contributed by atoms with E-state index in [0.29, 0.717) is 44.5 Å². The minimum atomic E-state index is -4.46. The predicted octanol–water partition coefficient (Wildman–Crippen LogP) is 3.57. The molecule has 0 bridgehead atoms. The van der Waals surface area contributed by atoms with Gasteiger partial charge in [-0.3, -0.25) is 9.69 Å². The molecule has 3 rings (SSSR count). The Hall–Kier alpha value is -1.54. The zero-order valence-electron chi connectivity index (χ0n) is 15.8. The second-order valence-corrected chi connectivity index (χ2v) is 8.01. The third-order valence-electron chi connectivity index (χ3n) is 5.50. The number of carbonyl (C=O) groups is 1. The number of aromatic nitrogens is 1. The number of carbonyl (C=O) groups excluding carboxylic acids is 1. The van der Waals surface area contributed by atoms with Gasteiger partial charge in [0.2, 0.25) is 5.91 Å². The van der Waals surface area contributed by atoms with Crippen LogP contribution in [-0.2, 0) is 11.0 Å². The number of hydrogen-bond acceptors (Lipinski definition) is 4. The summed E-state index contributed by atoms with van der Waals surface area (Å²) in [5, 5.41) is 3.03. The molecule has 2 fully saturated rings. The molecule has 1 saturated carbocycles. The van der Waals surface area contributed by atoms with Crippen molar-refractivity contribution >= 4 is 23.3 Å². The highest BCUT2D eigenvalue weighted by Gasteiger charge is 2.32. The van der Waals surface area contributed by atoms with Crippen LogP contribution in [0.4, 0.5) is 19.0 Å². The van der Waals surface area contributed by atoms with Crippen LogP contribution in [0, 0.1) is 5.92 Å². The van der Waals surface area contributed by atoms with Crippen LogP contribution in [-0.4, -0.2) is 55.1 Å². The van der Waals surface area contributed by atoms with Gasteiger partial charge < -0.3 is 10.2 Å². The van der Waals surface area contributed by atoms with E-state index in [1.165, 1.54) is 32.1 Å². The van der Waals surface area contributed by atoms with Crippen molar-refractivity contribution in [1.29, 1.82) is 0 Å². The molecular formula is C19H26ClF3N4O. The van der Waals surface area contributed by atoms with Crippen LogP contribution in [0.1, 0.15) is 37.7 Å². The molecule has 1 aromatic heterocycles. The maximum Gasteiger partial charge on any atom is 0.417 e. The van der Waals surface area contributed by atoms with E-state index in [0.717, 1.165) is 18.8 Å². The lowest BCUT2D eigenvalue weighted by Crippen LogP contribution is -2.50. The van der Waals surface area contributed by atoms with E-state index in [2.05, 4.69) is 10.3 Å². The van der Waals surface area contributed by atoms with Crippen molar-refractivity contribution in [2.45, 2.75) is 38.3 Å². The summed E-state index contributed by atoms with van der Waals surface area (Å²) in [5.41, 5.74) is -0.852. The zero-order chi connectivity index (χ0) is 20.1. The summed E-state index contributed by atoms with van der Waals surface area (Å²) in [6, 6.07) is 0.912. The van der Waals surface area contributed by atoms with Gasteiger partial charge in [-0.2, -0.15) is 13.2 Å². The zero-order valence-corrected chi connectivity index (χ0v) is 16.5. The van der Waals surface area contributed by atoms with E-state index in [4.69, 9.17) is 11.6 Å².